The molecule has 3 aromatic carbocycles. The molecule has 5 aromatic rings. The Balaban J connectivity index is 1.68. The molecule has 0 N–H and O–H groups in total. The van der Waals surface area contributed by atoms with Crippen LogP contribution in [-0.2, 0) is 0 Å². The Hall–Kier alpha value is -3.40. The van der Waals surface area contributed by atoms with Gasteiger partial charge in [-0.1, -0.05) is 36.4 Å². The predicted molar refractivity (Wildman–Crippen MR) is 158 cm³/mol. The highest BCUT2D eigenvalue weighted by Gasteiger charge is 2.19. The number of ether oxygens (including phenoxy) is 2. The molecule has 0 aliphatic carbocycles. The van der Waals surface area contributed by atoms with Crippen molar-refractivity contribution in [2.45, 2.75) is 6.92 Å². The molecule has 5 rings (SSSR count). The average Bonchev–Trinajstić information content (AvgIpc) is 3.33. The van der Waals surface area contributed by atoms with Crippen molar-refractivity contribution in [2.24, 2.45) is 5.10 Å². The summed E-state index contributed by atoms with van der Waals surface area (Å²) in [5.41, 5.74) is 1.45. The molecule has 0 radical (unpaired) electrons. The van der Waals surface area contributed by atoms with Gasteiger partial charge in [0.2, 0.25) is 5.82 Å². The van der Waals surface area contributed by atoms with Crippen LogP contribution < -0.4 is 15.0 Å². The number of para-hydroxylation sites is 1. The van der Waals surface area contributed by atoms with Crippen molar-refractivity contribution in [1.82, 2.24) is 9.66 Å². The van der Waals surface area contributed by atoms with Crippen LogP contribution in [0.4, 0.5) is 0 Å². The molecule has 0 aliphatic rings. The zero-order chi connectivity index (χ0) is 26.8. The van der Waals surface area contributed by atoms with Crippen LogP contribution in [0.25, 0.3) is 33.5 Å². The largest absolute Gasteiger partial charge is 0.490 e. The highest BCUT2D eigenvalue weighted by molar-refractivity contribution is 9.13. The monoisotopic (exact) mass is 655 g/mol. The minimum Gasteiger partial charge on any atom is -0.490 e. The van der Waals surface area contributed by atoms with Gasteiger partial charge in [-0.15, -0.1) is 0 Å². The summed E-state index contributed by atoms with van der Waals surface area (Å²) < 4.78 is 20.2. The van der Waals surface area contributed by atoms with E-state index < -0.39 is 0 Å². The first-order valence-electron chi connectivity index (χ1n) is 11.5. The maximum atomic E-state index is 13.6. The molecule has 10 heteroatoms. The highest BCUT2D eigenvalue weighted by Crippen LogP contribution is 2.42. The van der Waals surface area contributed by atoms with Gasteiger partial charge in [-0.05, 0) is 81.2 Å². The van der Waals surface area contributed by atoms with Crippen LogP contribution in [0.2, 0.25) is 5.02 Å². The van der Waals surface area contributed by atoms with Crippen LogP contribution in [0.3, 0.4) is 0 Å². The van der Waals surface area contributed by atoms with Crippen LogP contribution in [0.1, 0.15) is 12.5 Å². The number of benzene rings is 3. The number of rotatable bonds is 8. The van der Waals surface area contributed by atoms with Crippen LogP contribution in [0.15, 0.2) is 90.5 Å². The van der Waals surface area contributed by atoms with Crippen molar-refractivity contribution < 1.29 is 13.9 Å². The predicted octanol–water partition coefficient (Wildman–Crippen LogP) is 7.83. The van der Waals surface area contributed by atoms with E-state index in [0.717, 1.165) is 5.39 Å². The summed E-state index contributed by atoms with van der Waals surface area (Å²) in [7, 11) is 0. The normalized spacial score (nSPS) is 11.5. The SMILES string of the molecule is C=CCOc1c(OCC)cc(C=Nn2c(-c3cc4cc(Cl)ccc4o3)nc3ccccc3c2=O)c(Br)c1Br. The van der Waals surface area contributed by atoms with Gasteiger partial charge < -0.3 is 13.9 Å². The Morgan fingerprint density at radius 3 is 2.74 bits per heavy atom. The van der Waals surface area contributed by atoms with Gasteiger partial charge in [0.25, 0.3) is 5.56 Å². The van der Waals surface area contributed by atoms with Crippen molar-refractivity contribution in [2.75, 3.05) is 13.2 Å². The van der Waals surface area contributed by atoms with Gasteiger partial charge in [-0.25, -0.2) is 4.98 Å². The zero-order valence-corrected chi connectivity index (χ0v) is 24.0. The minimum atomic E-state index is -0.341. The molecule has 0 atom stereocenters. The minimum absolute atomic E-state index is 0.253. The van der Waals surface area contributed by atoms with E-state index in [0.29, 0.717) is 66.5 Å². The van der Waals surface area contributed by atoms with E-state index in [2.05, 4.69) is 43.5 Å². The summed E-state index contributed by atoms with van der Waals surface area (Å²) in [5.74, 6) is 1.68. The lowest BCUT2D eigenvalue weighted by molar-refractivity contribution is 0.295. The second kappa shape index (κ2) is 11.1. The van der Waals surface area contributed by atoms with Gasteiger partial charge in [0.05, 0.1) is 28.2 Å². The molecular weight excluding hydrogens is 638 g/mol. The summed E-state index contributed by atoms with van der Waals surface area (Å²) in [6.07, 6.45) is 3.20. The lowest BCUT2D eigenvalue weighted by atomic mass is 10.2. The number of hydrogen-bond donors (Lipinski definition) is 0. The standard InChI is InChI=1S/C28H20Br2ClN3O4/c1-3-11-37-26-22(36-4-2)14-17(24(29)25(26)30)15-32-34-27(33-20-8-6-5-7-19(20)28(34)35)23-13-16-12-18(31)9-10-21(16)38-23/h3,5-10,12-15H,1,4,11H2,2H3. The Bertz CT molecular complexity index is 1780. The molecule has 0 unspecified atom stereocenters. The van der Waals surface area contributed by atoms with Crippen molar-refractivity contribution >= 4 is 71.5 Å². The molecule has 2 aromatic heterocycles. The van der Waals surface area contributed by atoms with E-state index in [-0.39, 0.29) is 11.4 Å². The summed E-state index contributed by atoms with van der Waals surface area (Å²) >= 11 is 13.3. The molecular formula is C28H20Br2ClN3O4. The first kappa shape index (κ1) is 26.2. The van der Waals surface area contributed by atoms with Crippen molar-refractivity contribution in [3.63, 3.8) is 0 Å². The third-order valence-corrected chi connectivity index (χ3v) is 7.94. The van der Waals surface area contributed by atoms with Crippen molar-refractivity contribution in [3.05, 3.63) is 97.1 Å². The fourth-order valence-corrected chi connectivity index (χ4v) is 4.99. The third-order valence-electron chi connectivity index (χ3n) is 5.57. The van der Waals surface area contributed by atoms with Gasteiger partial charge in [-0.3, -0.25) is 4.79 Å². The molecule has 192 valence electrons. The summed E-state index contributed by atoms with van der Waals surface area (Å²) in [6, 6.07) is 16.0. The number of hydrogen-bond acceptors (Lipinski definition) is 6. The Labute approximate surface area is 239 Å². The van der Waals surface area contributed by atoms with Crippen LogP contribution in [0, 0.1) is 0 Å². The first-order valence-corrected chi connectivity index (χ1v) is 13.5. The third kappa shape index (κ3) is 5.01. The number of nitrogens with zero attached hydrogens (tertiary/aromatic N) is 3. The second-order valence-corrected chi connectivity index (χ2v) is 10.1. The van der Waals surface area contributed by atoms with E-state index >= 15 is 0 Å². The number of furan rings is 1. The fraction of sp³-hybridized carbons (Fsp3) is 0.107. The lowest BCUT2D eigenvalue weighted by Crippen LogP contribution is -2.20. The fourth-order valence-electron chi connectivity index (χ4n) is 3.87. The number of fused-ring (bicyclic) bond motifs is 2. The maximum Gasteiger partial charge on any atom is 0.282 e. The van der Waals surface area contributed by atoms with E-state index in [9.17, 15) is 4.79 Å². The van der Waals surface area contributed by atoms with Gasteiger partial charge in [-0.2, -0.15) is 9.78 Å². The number of aromatic nitrogens is 2. The molecule has 0 fully saturated rings. The quantitative estimate of drug-likeness (QED) is 0.126. The van der Waals surface area contributed by atoms with E-state index in [4.69, 9.17) is 30.5 Å². The molecule has 7 nitrogen and oxygen atoms in total. The zero-order valence-electron chi connectivity index (χ0n) is 20.1. The van der Waals surface area contributed by atoms with Crippen LogP contribution >= 0.6 is 43.5 Å². The number of halogens is 3. The Morgan fingerprint density at radius 2 is 1.95 bits per heavy atom. The topological polar surface area (TPSA) is 78.8 Å². The van der Waals surface area contributed by atoms with Crippen LogP contribution in [0.5, 0.6) is 11.5 Å². The molecule has 38 heavy (non-hydrogen) atoms. The Kier molecular flexibility index (Phi) is 7.69. The van der Waals surface area contributed by atoms with E-state index in [1.54, 1.807) is 60.8 Å². The molecule has 0 aliphatic heterocycles. The molecule has 2 heterocycles. The molecule has 0 spiro atoms. The Morgan fingerprint density at radius 1 is 1.13 bits per heavy atom. The average molecular weight is 658 g/mol. The smallest absolute Gasteiger partial charge is 0.282 e. The summed E-state index contributed by atoms with van der Waals surface area (Å²) in [4.78, 5) is 18.3. The lowest BCUT2D eigenvalue weighted by Gasteiger charge is -2.15. The molecule has 0 saturated carbocycles. The van der Waals surface area contributed by atoms with Gasteiger partial charge in [0.1, 0.15) is 12.2 Å². The summed E-state index contributed by atoms with van der Waals surface area (Å²) in [6.45, 7) is 6.32. The van der Waals surface area contributed by atoms with E-state index in [1.165, 1.54) is 4.68 Å². The second-order valence-electron chi connectivity index (χ2n) is 8.06. The first-order chi connectivity index (χ1) is 18.4. The van der Waals surface area contributed by atoms with Gasteiger partial charge in [0.15, 0.2) is 17.3 Å². The molecule has 0 amide bonds. The summed E-state index contributed by atoms with van der Waals surface area (Å²) in [5, 5.41) is 6.34. The van der Waals surface area contributed by atoms with Crippen molar-refractivity contribution in [3.8, 4) is 23.1 Å². The molecule has 0 bridgehead atoms. The van der Waals surface area contributed by atoms with Crippen LogP contribution in [-0.4, -0.2) is 29.1 Å². The van der Waals surface area contributed by atoms with E-state index in [1.807, 2.05) is 13.0 Å². The maximum absolute atomic E-state index is 13.6. The van der Waals surface area contributed by atoms with Gasteiger partial charge >= 0.3 is 0 Å². The van der Waals surface area contributed by atoms with Crippen molar-refractivity contribution in [1.29, 1.82) is 0 Å². The molecule has 0 saturated heterocycles. The van der Waals surface area contributed by atoms with Gasteiger partial charge in [0, 0.05) is 20.4 Å². The highest BCUT2D eigenvalue weighted by atomic mass is 79.9.